The fourth-order valence-electron chi connectivity index (χ4n) is 4.07. The Hall–Kier alpha value is -3.16. The third-order valence-corrected chi connectivity index (χ3v) is 5.97. The van der Waals surface area contributed by atoms with Gasteiger partial charge in [-0.05, 0) is 18.4 Å². The Balaban J connectivity index is 1.16. The molecule has 1 amide bonds. The smallest absolute Gasteiger partial charge is 0.220 e. The standard InChI is InChI=1S/C24H32N6O6/c31-13-17-20(33)21(34)24(36-17)30-15-29-19-22(27-14-28-23(19)30)26-10-12-35-11-9-25-18(32)8-4-7-16-5-2-1-3-6-16/h1-3,5-6,14-15,17,20-21,24,31,33-34H,4,7-13H2,(H,25,32)(H,26,27,28)/t17-,20-,21-,24-/m1/s1. The van der Waals surface area contributed by atoms with Gasteiger partial charge < -0.3 is 35.4 Å². The lowest BCUT2D eigenvalue weighted by Gasteiger charge is -2.16. The first-order valence-electron chi connectivity index (χ1n) is 12.0. The van der Waals surface area contributed by atoms with Crippen molar-refractivity contribution in [3.8, 4) is 0 Å². The fourth-order valence-corrected chi connectivity index (χ4v) is 4.07. The van der Waals surface area contributed by atoms with Crippen molar-refractivity contribution in [1.29, 1.82) is 0 Å². The van der Waals surface area contributed by atoms with Gasteiger partial charge in [0.1, 0.15) is 24.6 Å². The third kappa shape index (κ3) is 6.33. The number of aryl methyl sites for hydroxylation is 1. The number of hydrogen-bond acceptors (Lipinski definition) is 10. The number of aromatic nitrogens is 4. The Morgan fingerprint density at radius 2 is 1.89 bits per heavy atom. The number of carbonyl (C=O) groups is 1. The predicted molar refractivity (Wildman–Crippen MR) is 130 cm³/mol. The number of fused-ring (bicyclic) bond motifs is 1. The number of carbonyl (C=O) groups excluding carboxylic acids is 1. The molecule has 3 heterocycles. The third-order valence-electron chi connectivity index (χ3n) is 5.97. The van der Waals surface area contributed by atoms with Crippen LogP contribution in [0.5, 0.6) is 0 Å². The summed E-state index contributed by atoms with van der Waals surface area (Å²) in [5, 5.41) is 35.6. The highest BCUT2D eigenvalue weighted by atomic mass is 16.6. The van der Waals surface area contributed by atoms with Crippen LogP contribution in [0.3, 0.4) is 0 Å². The number of nitrogens with zero attached hydrogens (tertiary/aromatic N) is 4. The predicted octanol–water partition coefficient (Wildman–Crippen LogP) is 0.00540. The second kappa shape index (κ2) is 12.7. The van der Waals surface area contributed by atoms with Gasteiger partial charge in [0.15, 0.2) is 23.2 Å². The van der Waals surface area contributed by atoms with Crippen molar-refractivity contribution in [2.45, 2.75) is 43.8 Å². The molecule has 4 rings (SSSR count). The van der Waals surface area contributed by atoms with Crippen molar-refractivity contribution in [1.82, 2.24) is 24.8 Å². The molecule has 0 spiro atoms. The summed E-state index contributed by atoms with van der Waals surface area (Å²) in [5.41, 5.74) is 2.11. The maximum Gasteiger partial charge on any atom is 0.220 e. The molecule has 12 nitrogen and oxygen atoms in total. The summed E-state index contributed by atoms with van der Waals surface area (Å²) in [6.07, 6.45) is 0.705. The SMILES string of the molecule is O=C(CCCc1ccccc1)NCCOCCNc1ncnc2c1ncn2[C@@H]1O[C@H](CO)[C@@H](O)[C@H]1O. The summed E-state index contributed by atoms with van der Waals surface area (Å²) in [6, 6.07) is 10.1. The van der Waals surface area contributed by atoms with Crippen LogP contribution in [0.2, 0.25) is 0 Å². The van der Waals surface area contributed by atoms with Gasteiger partial charge in [-0.2, -0.15) is 0 Å². The monoisotopic (exact) mass is 500 g/mol. The highest BCUT2D eigenvalue weighted by molar-refractivity contribution is 5.82. The molecule has 0 saturated carbocycles. The zero-order chi connectivity index (χ0) is 25.3. The number of amides is 1. The lowest BCUT2D eigenvalue weighted by Crippen LogP contribution is -2.33. The Morgan fingerprint density at radius 3 is 2.67 bits per heavy atom. The minimum atomic E-state index is -1.23. The van der Waals surface area contributed by atoms with Crippen molar-refractivity contribution in [3.05, 3.63) is 48.5 Å². The average Bonchev–Trinajstić information content (AvgIpc) is 3.45. The summed E-state index contributed by atoms with van der Waals surface area (Å²) < 4.78 is 12.6. The lowest BCUT2D eigenvalue weighted by molar-refractivity contribution is -0.121. The quantitative estimate of drug-likeness (QED) is 0.202. The van der Waals surface area contributed by atoms with E-state index in [1.165, 1.54) is 22.8 Å². The topological polar surface area (TPSA) is 164 Å². The van der Waals surface area contributed by atoms with Crippen molar-refractivity contribution < 1.29 is 29.6 Å². The van der Waals surface area contributed by atoms with Crippen molar-refractivity contribution >= 4 is 22.9 Å². The molecular weight excluding hydrogens is 468 g/mol. The highest BCUT2D eigenvalue weighted by Crippen LogP contribution is 2.32. The molecule has 0 radical (unpaired) electrons. The van der Waals surface area contributed by atoms with Crippen LogP contribution in [-0.2, 0) is 20.7 Å². The van der Waals surface area contributed by atoms with E-state index in [1.807, 2.05) is 18.2 Å². The molecule has 2 aromatic heterocycles. The molecule has 0 bridgehead atoms. The van der Waals surface area contributed by atoms with Gasteiger partial charge in [-0.15, -0.1) is 0 Å². The van der Waals surface area contributed by atoms with E-state index in [0.717, 1.165) is 12.8 Å². The fraction of sp³-hybridized carbons (Fsp3) is 0.500. The molecule has 3 aromatic rings. The molecule has 194 valence electrons. The van der Waals surface area contributed by atoms with E-state index in [-0.39, 0.29) is 5.91 Å². The van der Waals surface area contributed by atoms with Crippen LogP contribution in [0, 0.1) is 0 Å². The van der Waals surface area contributed by atoms with Gasteiger partial charge in [-0.3, -0.25) is 9.36 Å². The van der Waals surface area contributed by atoms with Gasteiger partial charge in [-0.1, -0.05) is 30.3 Å². The molecule has 1 fully saturated rings. The van der Waals surface area contributed by atoms with E-state index in [4.69, 9.17) is 9.47 Å². The summed E-state index contributed by atoms with van der Waals surface area (Å²) in [5.74, 6) is 0.502. The van der Waals surface area contributed by atoms with Crippen LogP contribution in [0.15, 0.2) is 43.0 Å². The summed E-state index contributed by atoms with van der Waals surface area (Å²) in [4.78, 5) is 24.7. The molecule has 5 N–H and O–H groups in total. The van der Waals surface area contributed by atoms with Crippen LogP contribution in [0.25, 0.3) is 11.2 Å². The zero-order valence-corrected chi connectivity index (χ0v) is 19.9. The van der Waals surface area contributed by atoms with E-state index < -0.39 is 31.1 Å². The van der Waals surface area contributed by atoms with Crippen LogP contribution in [-0.4, -0.2) is 92.0 Å². The molecule has 0 unspecified atom stereocenters. The Bertz CT molecular complexity index is 1110. The first-order chi connectivity index (χ1) is 17.6. The van der Waals surface area contributed by atoms with E-state index in [2.05, 4.69) is 37.7 Å². The number of imidazole rings is 1. The number of rotatable bonds is 13. The maximum absolute atomic E-state index is 11.9. The van der Waals surface area contributed by atoms with Crippen LogP contribution in [0.1, 0.15) is 24.6 Å². The van der Waals surface area contributed by atoms with Crippen molar-refractivity contribution in [3.63, 3.8) is 0 Å². The Morgan fingerprint density at radius 1 is 1.08 bits per heavy atom. The highest BCUT2D eigenvalue weighted by Gasteiger charge is 2.44. The largest absolute Gasteiger partial charge is 0.394 e. The minimum Gasteiger partial charge on any atom is -0.394 e. The molecule has 36 heavy (non-hydrogen) atoms. The number of anilines is 1. The molecule has 0 aliphatic carbocycles. The second-order valence-corrected chi connectivity index (χ2v) is 8.50. The molecular formula is C24H32N6O6. The molecule has 1 aliphatic rings. The van der Waals surface area contributed by atoms with Crippen molar-refractivity contribution in [2.24, 2.45) is 0 Å². The van der Waals surface area contributed by atoms with E-state index >= 15 is 0 Å². The maximum atomic E-state index is 11.9. The van der Waals surface area contributed by atoms with Crippen LogP contribution >= 0.6 is 0 Å². The number of nitrogens with one attached hydrogen (secondary N) is 2. The molecule has 12 heteroatoms. The summed E-state index contributed by atoms with van der Waals surface area (Å²) >= 11 is 0. The first-order valence-corrected chi connectivity index (χ1v) is 12.0. The zero-order valence-electron chi connectivity index (χ0n) is 19.9. The van der Waals surface area contributed by atoms with Crippen molar-refractivity contribution in [2.75, 3.05) is 38.2 Å². The minimum absolute atomic E-state index is 0.0146. The number of hydrogen-bond donors (Lipinski definition) is 5. The number of aliphatic hydroxyl groups excluding tert-OH is 3. The first kappa shape index (κ1) is 25.9. The van der Waals surface area contributed by atoms with Gasteiger partial charge in [0.05, 0.1) is 26.1 Å². The van der Waals surface area contributed by atoms with Crippen LogP contribution in [0.4, 0.5) is 5.82 Å². The number of aliphatic hydroxyl groups is 3. The Labute approximate surface area is 208 Å². The molecule has 1 aliphatic heterocycles. The van der Waals surface area contributed by atoms with Gasteiger partial charge in [-0.25, -0.2) is 15.0 Å². The summed E-state index contributed by atoms with van der Waals surface area (Å²) in [6.45, 7) is 1.27. The number of ether oxygens (including phenoxy) is 2. The van der Waals surface area contributed by atoms with Gasteiger partial charge in [0.2, 0.25) is 5.91 Å². The second-order valence-electron chi connectivity index (χ2n) is 8.50. The Kier molecular flexibility index (Phi) is 9.14. The normalized spacial score (nSPS) is 21.6. The average molecular weight is 501 g/mol. The van der Waals surface area contributed by atoms with Crippen LogP contribution < -0.4 is 10.6 Å². The van der Waals surface area contributed by atoms with E-state index in [1.54, 1.807) is 0 Å². The lowest BCUT2D eigenvalue weighted by atomic mass is 10.1. The van der Waals surface area contributed by atoms with Gasteiger partial charge in [0.25, 0.3) is 0 Å². The number of benzene rings is 1. The molecule has 1 saturated heterocycles. The molecule has 1 aromatic carbocycles. The molecule has 4 atom stereocenters. The van der Waals surface area contributed by atoms with Gasteiger partial charge in [0, 0.05) is 19.5 Å². The van der Waals surface area contributed by atoms with E-state index in [9.17, 15) is 20.1 Å². The van der Waals surface area contributed by atoms with E-state index in [0.29, 0.717) is 49.7 Å². The summed E-state index contributed by atoms with van der Waals surface area (Å²) in [7, 11) is 0. The van der Waals surface area contributed by atoms with Gasteiger partial charge >= 0.3 is 0 Å².